The molecule has 29 heavy (non-hydrogen) atoms. The Hall–Kier alpha value is -1.65. The SMILES string of the molecule is CCNC(=NCc1ccccc1Cn1cccn1)NCC1CN(C)CCN1C.I. The van der Waals surface area contributed by atoms with Crippen LogP contribution in [0.25, 0.3) is 0 Å². The predicted molar refractivity (Wildman–Crippen MR) is 130 cm³/mol. The number of rotatable bonds is 7. The molecule has 0 radical (unpaired) electrons. The first-order valence-electron chi connectivity index (χ1n) is 10.1. The molecule has 0 saturated carbocycles. The lowest BCUT2D eigenvalue weighted by Crippen LogP contribution is -2.55. The third kappa shape index (κ3) is 7.27. The number of halogens is 1. The molecule has 2 N–H and O–H groups in total. The molecule has 160 valence electrons. The second-order valence-corrected chi connectivity index (χ2v) is 7.45. The monoisotopic (exact) mass is 511 g/mol. The molecule has 1 unspecified atom stereocenters. The highest BCUT2D eigenvalue weighted by molar-refractivity contribution is 14.0. The Morgan fingerprint density at radius 2 is 1.93 bits per heavy atom. The predicted octanol–water partition coefficient (Wildman–Crippen LogP) is 1.85. The van der Waals surface area contributed by atoms with Crippen LogP contribution < -0.4 is 10.6 Å². The summed E-state index contributed by atoms with van der Waals surface area (Å²) >= 11 is 0. The topological polar surface area (TPSA) is 60.7 Å². The van der Waals surface area contributed by atoms with Crippen molar-refractivity contribution in [3.8, 4) is 0 Å². The molecular weight excluding hydrogens is 477 g/mol. The van der Waals surface area contributed by atoms with Crippen molar-refractivity contribution < 1.29 is 0 Å². The van der Waals surface area contributed by atoms with Crippen LogP contribution in [0.15, 0.2) is 47.7 Å². The summed E-state index contributed by atoms with van der Waals surface area (Å²) in [4.78, 5) is 9.65. The molecule has 2 aromatic rings. The van der Waals surface area contributed by atoms with Crippen LogP contribution in [0.3, 0.4) is 0 Å². The molecule has 0 bridgehead atoms. The highest BCUT2D eigenvalue weighted by Crippen LogP contribution is 2.12. The zero-order valence-electron chi connectivity index (χ0n) is 17.7. The van der Waals surface area contributed by atoms with Crippen molar-refractivity contribution in [3.63, 3.8) is 0 Å². The maximum atomic E-state index is 4.83. The van der Waals surface area contributed by atoms with Gasteiger partial charge in [0.05, 0.1) is 13.1 Å². The molecule has 0 amide bonds. The molecule has 1 aromatic heterocycles. The van der Waals surface area contributed by atoms with Crippen LogP contribution in [0.1, 0.15) is 18.1 Å². The van der Waals surface area contributed by atoms with Crippen LogP contribution in [0, 0.1) is 0 Å². The van der Waals surface area contributed by atoms with Crippen molar-refractivity contribution >= 4 is 29.9 Å². The molecule has 0 aliphatic carbocycles. The highest BCUT2D eigenvalue weighted by Gasteiger charge is 2.22. The number of hydrogen-bond donors (Lipinski definition) is 2. The average Bonchev–Trinajstić information content (AvgIpc) is 3.20. The number of hydrogen-bond acceptors (Lipinski definition) is 4. The van der Waals surface area contributed by atoms with Crippen LogP contribution in [-0.4, -0.2) is 78.4 Å². The summed E-state index contributed by atoms with van der Waals surface area (Å²) in [6.07, 6.45) is 3.80. The summed E-state index contributed by atoms with van der Waals surface area (Å²) in [7, 11) is 4.39. The standard InChI is InChI=1S/C21H33N7.HI/c1-4-22-21(24-15-20-17-26(2)12-13-27(20)3)23-14-18-8-5-6-9-19(18)16-28-11-7-10-25-28;/h5-11,20H,4,12-17H2,1-3H3,(H2,22,23,24);1H. The Balaban J connectivity index is 0.00000300. The van der Waals surface area contributed by atoms with Gasteiger partial charge in [-0.2, -0.15) is 5.10 Å². The third-order valence-electron chi connectivity index (χ3n) is 5.25. The number of aliphatic imine (C=N–C) groups is 1. The number of nitrogens with one attached hydrogen (secondary N) is 2. The van der Waals surface area contributed by atoms with Crippen molar-refractivity contribution in [3.05, 3.63) is 53.9 Å². The normalized spacial score (nSPS) is 18.3. The molecule has 8 heteroatoms. The summed E-state index contributed by atoms with van der Waals surface area (Å²) in [6.45, 7) is 8.57. The summed E-state index contributed by atoms with van der Waals surface area (Å²) < 4.78 is 1.95. The van der Waals surface area contributed by atoms with Crippen molar-refractivity contribution in [2.75, 3.05) is 46.8 Å². The molecule has 1 aliphatic heterocycles. The highest BCUT2D eigenvalue weighted by atomic mass is 127. The minimum Gasteiger partial charge on any atom is -0.357 e. The minimum atomic E-state index is 0. The van der Waals surface area contributed by atoms with E-state index >= 15 is 0 Å². The fraction of sp³-hybridized carbons (Fsp3) is 0.524. The van der Waals surface area contributed by atoms with Gasteiger partial charge in [-0.25, -0.2) is 4.99 Å². The van der Waals surface area contributed by atoms with Crippen molar-refractivity contribution in [2.24, 2.45) is 4.99 Å². The van der Waals surface area contributed by atoms with Gasteiger partial charge in [0.15, 0.2) is 5.96 Å². The fourth-order valence-electron chi connectivity index (χ4n) is 3.48. The first-order chi connectivity index (χ1) is 13.7. The van der Waals surface area contributed by atoms with Crippen LogP contribution in [0.4, 0.5) is 0 Å². The van der Waals surface area contributed by atoms with Crippen molar-refractivity contribution in [1.29, 1.82) is 0 Å². The van der Waals surface area contributed by atoms with E-state index in [0.29, 0.717) is 12.6 Å². The Morgan fingerprint density at radius 3 is 2.66 bits per heavy atom. The van der Waals surface area contributed by atoms with E-state index in [4.69, 9.17) is 4.99 Å². The Kier molecular flexibility index (Phi) is 9.89. The van der Waals surface area contributed by atoms with Crippen molar-refractivity contribution in [1.82, 2.24) is 30.2 Å². The molecule has 0 spiro atoms. The van der Waals surface area contributed by atoms with Gasteiger partial charge in [0.25, 0.3) is 0 Å². The molecule has 1 aromatic carbocycles. The number of benzene rings is 1. The summed E-state index contributed by atoms with van der Waals surface area (Å²) in [5.74, 6) is 0.873. The molecule has 1 fully saturated rings. The molecule has 1 aliphatic rings. The first kappa shape index (κ1) is 23.6. The Bertz CT molecular complexity index is 747. The van der Waals surface area contributed by atoms with Gasteiger partial charge in [0, 0.05) is 51.2 Å². The Morgan fingerprint density at radius 1 is 1.14 bits per heavy atom. The lowest BCUT2D eigenvalue weighted by molar-refractivity contribution is 0.116. The van der Waals surface area contributed by atoms with Crippen LogP contribution in [0.2, 0.25) is 0 Å². The second kappa shape index (κ2) is 12.1. The molecular formula is C21H34IN7. The van der Waals surface area contributed by atoms with Crippen LogP contribution >= 0.6 is 24.0 Å². The molecule has 2 heterocycles. The summed E-state index contributed by atoms with van der Waals surface area (Å²) in [6, 6.07) is 10.9. The summed E-state index contributed by atoms with van der Waals surface area (Å²) in [5, 5.41) is 11.2. The fourth-order valence-corrected chi connectivity index (χ4v) is 3.48. The zero-order valence-corrected chi connectivity index (χ0v) is 20.0. The van der Waals surface area contributed by atoms with E-state index in [0.717, 1.165) is 45.2 Å². The zero-order chi connectivity index (χ0) is 19.8. The van der Waals surface area contributed by atoms with E-state index < -0.39 is 0 Å². The van der Waals surface area contributed by atoms with Gasteiger partial charge >= 0.3 is 0 Å². The molecule has 7 nitrogen and oxygen atoms in total. The first-order valence-corrected chi connectivity index (χ1v) is 10.1. The van der Waals surface area contributed by atoms with Gasteiger partial charge in [-0.3, -0.25) is 9.58 Å². The molecule has 1 atom stereocenters. The van der Waals surface area contributed by atoms with E-state index in [-0.39, 0.29) is 24.0 Å². The van der Waals surface area contributed by atoms with Crippen molar-refractivity contribution in [2.45, 2.75) is 26.1 Å². The maximum absolute atomic E-state index is 4.83. The van der Waals surface area contributed by atoms with E-state index in [1.54, 1.807) is 0 Å². The number of likely N-dealkylation sites (N-methyl/N-ethyl adjacent to an activating group) is 2. The van der Waals surface area contributed by atoms with Gasteiger partial charge in [-0.05, 0) is 38.2 Å². The summed E-state index contributed by atoms with van der Waals surface area (Å²) in [5.41, 5.74) is 2.48. The van der Waals surface area contributed by atoms with Gasteiger partial charge < -0.3 is 15.5 Å². The minimum absolute atomic E-state index is 0. The second-order valence-electron chi connectivity index (χ2n) is 7.45. The number of aromatic nitrogens is 2. The van der Waals surface area contributed by atoms with E-state index in [1.807, 2.05) is 23.1 Å². The lowest BCUT2D eigenvalue weighted by atomic mass is 10.1. The van der Waals surface area contributed by atoms with Gasteiger partial charge in [0.2, 0.25) is 0 Å². The van der Waals surface area contributed by atoms with E-state index in [1.165, 1.54) is 11.1 Å². The van der Waals surface area contributed by atoms with Gasteiger partial charge in [-0.15, -0.1) is 24.0 Å². The van der Waals surface area contributed by atoms with Gasteiger partial charge in [0.1, 0.15) is 0 Å². The lowest BCUT2D eigenvalue weighted by Gasteiger charge is -2.37. The number of nitrogens with zero attached hydrogens (tertiary/aromatic N) is 5. The van der Waals surface area contributed by atoms with Crippen LogP contribution in [-0.2, 0) is 13.1 Å². The van der Waals surface area contributed by atoms with Crippen LogP contribution in [0.5, 0.6) is 0 Å². The van der Waals surface area contributed by atoms with E-state index in [9.17, 15) is 0 Å². The molecule has 1 saturated heterocycles. The Labute approximate surface area is 191 Å². The largest absolute Gasteiger partial charge is 0.357 e. The average molecular weight is 511 g/mol. The third-order valence-corrected chi connectivity index (χ3v) is 5.25. The van der Waals surface area contributed by atoms with Gasteiger partial charge in [-0.1, -0.05) is 24.3 Å². The smallest absolute Gasteiger partial charge is 0.191 e. The quantitative estimate of drug-likeness (QED) is 0.338. The maximum Gasteiger partial charge on any atom is 0.191 e. The van der Waals surface area contributed by atoms with E-state index in [2.05, 4.69) is 70.8 Å². The molecule has 3 rings (SSSR count). The number of guanidine groups is 1. The number of piperazine rings is 1.